The lowest BCUT2D eigenvalue weighted by Gasteiger charge is -2.29. The Kier molecular flexibility index (Phi) is 4.62. The van der Waals surface area contributed by atoms with E-state index in [-0.39, 0.29) is 6.23 Å². The molecule has 1 atom stereocenters. The molecule has 0 aromatic heterocycles. The van der Waals surface area contributed by atoms with Crippen LogP contribution < -0.4 is 0 Å². The van der Waals surface area contributed by atoms with Gasteiger partial charge in [-0.1, -0.05) is 6.58 Å². The maximum absolute atomic E-state index is 5.52. The Morgan fingerprint density at radius 3 is 2.93 bits per heavy atom. The maximum Gasteiger partial charge on any atom is 0.173 e. The highest BCUT2D eigenvalue weighted by Crippen LogP contribution is 2.16. The molecule has 1 rings (SSSR count). The van der Waals surface area contributed by atoms with Crippen LogP contribution in [0.4, 0.5) is 0 Å². The second-order valence-corrected chi connectivity index (χ2v) is 3.40. The van der Waals surface area contributed by atoms with Gasteiger partial charge in [-0.3, -0.25) is 4.84 Å². The van der Waals surface area contributed by atoms with E-state index < -0.39 is 0 Å². The fourth-order valence-electron chi connectivity index (χ4n) is 1.29. The highest BCUT2D eigenvalue weighted by molar-refractivity contribution is 5.76. The molecule has 1 saturated heterocycles. The molecule has 1 heterocycles. The van der Waals surface area contributed by atoms with Crippen molar-refractivity contribution < 1.29 is 9.57 Å². The average Bonchev–Trinajstić information content (AvgIpc) is 2.20. The van der Waals surface area contributed by atoms with Gasteiger partial charge in [-0.25, -0.2) is 0 Å². The van der Waals surface area contributed by atoms with E-state index in [2.05, 4.69) is 11.7 Å². The van der Waals surface area contributed by atoms with E-state index in [4.69, 9.17) is 9.57 Å². The molecule has 1 aliphatic heterocycles. The van der Waals surface area contributed by atoms with Crippen LogP contribution in [0.15, 0.2) is 17.3 Å². The highest BCUT2D eigenvalue weighted by Gasteiger charge is 2.20. The summed E-state index contributed by atoms with van der Waals surface area (Å²) in [5.41, 5.74) is 0.892. The molecule has 0 spiro atoms. The van der Waals surface area contributed by atoms with Gasteiger partial charge in [0.25, 0.3) is 0 Å². The third kappa shape index (κ3) is 3.47. The number of hydrazone groups is 1. The maximum atomic E-state index is 5.52. The molecule has 4 heteroatoms. The zero-order chi connectivity index (χ0) is 10.4. The molecule has 4 nitrogen and oxygen atoms in total. The van der Waals surface area contributed by atoms with Gasteiger partial charge in [-0.15, -0.1) is 5.17 Å². The standard InChI is InChI=1S/C10H18N2O2/c1-9(2)8-11-12(13-3)10-6-4-5-7-14-10/h8,10H,1,4-7H2,2-3H3/b11-8-. The molecule has 1 unspecified atom stereocenters. The molecular weight excluding hydrogens is 180 g/mol. The van der Waals surface area contributed by atoms with Gasteiger partial charge in [0.15, 0.2) is 6.23 Å². The quantitative estimate of drug-likeness (QED) is 0.511. The SMILES string of the molecule is C=C(C)/C=N\N(OC)C1CCCCO1. The number of hydrogen-bond acceptors (Lipinski definition) is 4. The Balaban J connectivity index is 2.47. The van der Waals surface area contributed by atoms with Crippen molar-refractivity contribution in [1.29, 1.82) is 0 Å². The summed E-state index contributed by atoms with van der Waals surface area (Å²) < 4.78 is 5.52. The van der Waals surface area contributed by atoms with Gasteiger partial charge >= 0.3 is 0 Å². The summed E-state index contributed by atoms with van der Waals surface area (Å²) in [6, 6.07) is 0. The van der Waals surface area contributed by atoms with Crippen molar-refractivity contribution in [3.8, 4) is 0 Å². The lowest BCUT2D eigenvalue weighted by molar-refractivity contribution is -0.247. The first-order chi connectivity index (χ1) is 6.74. The van der Waals surface area contributed by atoms with Crippen molar-refractivity contribution >= 4 is 6.21 Å². The Morgan fingerprint density at radius 2 is 2.43 bits per heavy atom. The summed E-state index contributed by atoms with van der Waals surface area (Å²) in [6.07, 6.45) is 4.86. The molecule has 1 aliphatic rings. The number of ether oxygens (including phenoxy) is 1. The van der Waals surface area contributed by atoms with Gasteiger partial charge < -0.3 is 4.74 Å². The minimum absolute atomic E-state index is 0.0515. The summed E-state index contributed by atoms with van der Waals surface area (Å²) >= 11 is 0. The number of rotatable bonds is 4. The van der Waals surface area contributed by atoms with Crippen molar-refractivity contribution in [2.75, 3.05) is 13.7 Å². The van der Waals surface area contributed by atoms with Crippen molar-refractivity contribution in [2.45, 2.75) is 32.4 Å². The second-order valence-electron chi connectivity index (χ2n) is 3.40. The largest absolute Gasteiger partial charge is 0.354 e. The van der Waals surface area contributed by atoms with Crippen LogP contribution in [0.1, 0.15) is 26.2 Å². The first-order valence-electron chi connectivity index (χ1n) is 4.88. The Hall–Kier alpha value is -0.870. The molecule has 0 aliphatic carbocycles. The van der Waals surface area contributed by atoms with Crippen LogP contribution in [0.3, 0.4) is 0 Å². The van der Waals surface area contributed by atoms with Crippen LogP contribution in [0.25, 0.3) is 0 Å². The van der Waals surface area contributed by atoms with Gasteiger partial charge in [0.2, 0.25) is 0 Å². The third-order valence-electron chi connectivity index (χ3n) is 1.98. The molecule has 14 heavy (non-hydrogen) atoms. The van der Waals surface area contributed by atoms with Crippen LogP contribution in [0.5, 0.6) is 0 Å². The van der Waals surface area contributed by atoms with E-state index in [1.807, 2.05) is 6.92 Å². The lowest BCUT2D eigenvalue weighted by Crippen LogP contribution is -2.35. The van der Waals surface area contributed by atoms with E-state index in [0.29, 0.717) is 0 Å². The first kappa shape index (κ1) is 11.2. The van der Waals surface area contributed by atoms with Crippen LogP contribution in [-0.2, 0) is 9.57 Å². The summed E-state index contributed by atoms with van der Waals surface area (Å²) in [4.78, 5) is 5.11. The van der Waals surface area contributed by atoms with Crippen LogP contribution in [0.2, 0.25) is 0 Å². The van der Waals surface area contributed by atoms with Crippen LogP contribution in [-0.4, -0.2) is 31.3 Å². The monoisotopic (exact) mass is 198 g/mol. The fraction of sp³-hybridized carbons (Fsp3) is 0.700. The summed E-state index contributed by atoms with van der Waals surface area (Å²) in [7, 11) is 1.59. The molecular formula is C10H18N2O2. The van der Waals surface area contributed by atoms with Crippen LogP contribution in [0, 0.1) is 0 Å². The number of allylic oxidation sites excluding steroid dienone is 1. The number of nitrogens with zero attached hydrogens (tertiary/aromatic N) is 2. The van der Waals surface area contributed by atoms with Gasteiger partial charge in [-0.2, -0.15) is 5.10 Å². The van der Waals surface area contributed by atoms with Crippen molar-refractivity contribution in [2.24, 2.45) is 5.10 Å². The molecule has 0 radical (unpaired) electrons. The summed E-state index contributed by atoms with van der Waals surface area (Å²) in [5, 5.41) is 5.62. The van der Waals surface area contributed by atoms with Gasteiger partial charge in [0.1, 0.15) is 0 Å². The molecule has 0 N–H and O–H groups in total. The fourth-order valence-corrected chi connectivity index (χ4v) is 1.29. The predicted octanol–water partition coefficient (Wildman–Crippen LogP) is 1.94. The number of hydrogen-bond donors (Lipinski definition) is 0. The molecule has 0 amide bonds. The van der Waals surface area contributed by atoms with E-state index in [9.17, 15) is 0 Å². The molecule has 0 aromatic rings. The topological polar surface area (TPSA) is 34.1 Å². The smallest absolute Gasteiger partial charge is 0.173 e. The van der Waals surface area contributed by atoms with Gasteiger partial charge in [0.05, 0.1) is 13.3 Å². The zero-order valence-electron chi connectivity index (χ0n) is 8.90. The normalized spacial score (nSPS) is 22.6. The minimum Gasteiger partial charge on any atom is -0.354 e. The van der Waals surface area contributed by atoms with Crippen molar-refractivity contribution in [3.63, 3.8) is 0 Å². The molecule has 1 fully saturated rings. The Labute approximate surface area is 85.1 Å². The average molecular weight is 198 g/mol. The highest BCUT2D eigenvalue weighted by atomic mass is 16.7. The third-order valence-corrected chi connectivity index (χ3v) is 1.98. The predicted molar refractivity (Wildman–Crippen MR) is 55.7 cm³/mol. The Morgan fingerprint density at radius 1 is 1.64 bits per heavy atom. The van der Waals surface area contributed by atoms with E-state index in [1.165, 1.54) is 5.17 Å². The number of hydroxylamine groups is 1. The Bertz CT molecular complexity index is 210. The van der Waals surface area contributed by atoms with Gasteiger partial charge in [-0.05, 0) is 31.8 Å². The molecule has 0 aromatic carbocycles. The summed E-state index contributed by atoms with van der Waals surface area (Å²) in [6.45, 7) is 6.41. The second kappa shape index (κ2) is 5.78. The lowest BCUT2D eigenvalue weighted by atomic mass is 10.2. The van der Waals surface area contributed by atoms with E-state index in [0.717, 1.165) is 31.4 Å². The molecule has 80 valence electrons. The minimum atomic E-state index is -0.0515. The van der Waals surface area contributed by atoms with E-state index in [1.54, 1.807) is 13.3 Å². The zero-order valence-corrected chi connectivity index (χ0v) is 8.90. The van der Waals surface area contributed by atoms with Crippen LogP contribution >= 0.6 is 0 Å². The van der Waals surface area contributed by atoms with Crippen molar-refractivity contribution in [3.05, 3.63) is 12.2 Å². The molecule has 0 bridgehead atoms. The van der Waals surface area contributed by atoms with Gasteiger partial charge in [0, 0.05) is 6.61 Å². The molecule has 0 saturated carbocycles. The summed E-state index contributed by atoms with van der Waals surface area (Å²) in [5.74, 6) is 0. The van der Waals surface area contributed by atoms with E-state index >= 15 is 0 Å². The first-order valence-corrected chi connectivity index (χ1v) is 4.88. The van der Waals surface area contributed by atoms with Crippen molar-refractivity contribution in [1.82, 2.24) is 5.17 Å².